The Morgan fingerprint density at radius 1 is 1.24 bits per heavy atom. The van der Waals surface area contributed by atoms with Crippen molar-refractivity contribution in [2.24, 2.45) is 0 Å². The molecule has 2 aromatic rings. The predicted octanol–water partition coefficient (Wildman–Crippen LogP) is 3.92. The molecule has 0 saturated heterocycles. The maximum absolute atomic E-state index is 12.5. The van der Waals surface area contributed by atoms with Gasteiger partial charge in [-0.2, -0.15) is 0 Å². The van der Waals surface area contributed by atoms with Gasteiger partial charge in [0.15, 0.2) is 0 Å². The van der Waals surface area contributed by atoms with E-state index < -0.39 is 11.9 Å². The lowest BCUT2D eigenvalue weighted by Crippen LogP contribution is -2.31. The van der Waals surface area contributed by atoms with Gasteiger partial charge in [0.2, 0.25) is 0 Å². The van der Waals surface area contributed by atoms with E-state index in [4.69, 9.17) is 16.7 Å². The standard InChI is InChI=1S/C18H20ClN3O3/c1-4-22(11(2)3)16-10-13(19)9-15(21-16)17(23)20-14-7-5-12(6-8-14)18(24)25/h5-11H,4H2,1-3H3,(H,20,23)(H,24,25). The van der Waals surface area contributed by atoms with Crippen molar-refractivity contribution in [1.82, 2.24) is 4.98 Å². The molecule has 0 aliphatic rings. The van der Waals surface area contributed by atoms with Crippen LogP contribution < -0.4 is 10.2 Å². The summed E-state index contributed by atoms with van der Waals surface area (Å²) in [6, 6.07) is 9.34. The number of amides is 1. The fraction of sp³-hybridized carbons (Fsp3) is 0.278. The number of carboxylic acids is 1. The Morgan fingerprint density at radius 3 is 2.40 bits per heavy atom. The number of aromatic carboxylic acids is 1. The summed E-state index contributed by atoms with van der Waals surface area (Å²) in [7, 11) is 0. The average Bonchev–Trinajstić information content (AvgIpc) is 2.55. The van der Waals surface area contributed by atoms with Crippen molar-refractivity contribution in [2.45, 2.75) is 26.8 Å². The van der Waals surface area contributed by atoms with E-state index in [1.165, 1.54) is 30.3 Å². The van der Waals surface area contributed by atoms with Crippen molar-refractivity contribution in [2.75, 3.05) is 16.8 Å². The highest BCUT2D eigenvalue weighted by Crippen LogP contribution is 2.21. The molecule has 7 heteroatoms. The van der Waals surface area contributed by atoms with Crippen LogP contribution in [-0.4, -0.2) is 34.6 Å². The van der Waals surface area contributed by atoms with Gasteiger partial charge in [0.05, 0.1) is 5.56 Å². The van der Waals surface area contributed by atoms with Crippen molar-refractivity contribution in [1.29, 1.82) is 0 Å². The third-order valence-electron chi connectivity index (χ3n) is 3.66. The number of halogens is 1. The zero-order chi connectivity index (χ0) is 18.6. The molecule has 0 spiro atoms. The van der Waals surface area contributed by atoms with Gasteiger partial charge in [0.1, 0.15) is 11.5 Å². The van der Waals surface area contributed by atoms with Crippen LogP contribution in [0.3, 0.4) is 0 Å². The fourth-order valence-electron chi connectivity index (χ4n) is 2.43. The number of aromatic nitrogens is 1. The molecule has 25 heavy (non-hydrogen) atoms. The maximum Gasteiger partial charge on any atom is 0.335 e. The maximum atomic E-state index is 12.5. The topological polar surface area (TPSA) is 82.5 Å². The second-order valence-corrected chi connectivity index (χ2v) is 6.18. The van der Waals surface area contributed by atoms with Crippen molar-refractivity contribution in [3.05, 3.63) is 52.7 Å². The number of carboxylic acid groups (broad SMARTS) is 1. The Bertz CT molecular complexity index is 776. The third-order valence-corrected chi connectivity index (χ3v) is 3.88. The molecule has 2 rings (SSSR count). The molecule has 2 N–H and O–H groups in total. The van der Waals surface area contributed by atoms with E-state index in [2.05, 4.69) is 10.3 Å². The molecule has 0 unspecified atom stereocenters. The Balaban J connectivity index is 2.24. The van der Waals surface area contributed by atoms with E-state index >= 15 is 0 Å². The smallest absolute Gasteiger partial charge is 0.335 e. The highest BCUT2D eigenvalue weighted by molar-refractivity contribution is 6.31. The Kier molecular flexibility index (Phi) is 5.98. The number of hydrogen-bond donors (Lipinski definition) is 2. The minimum Gasteiger partial charge on any atom is -0.478 e. The van der Waals surface area contributed by atoms with E-state index in [0.29, 0.717) is 16.5 Å². The lowest BCUT2D eigenvalue weighted by atomic mass is 10.2. The zero-order valence-electron chi connectivity index (χ0n) is 14.3. The van der Waals surface area contributed by atoms with Crippen molar-refractivity contribution in [3.63, 3.8) is 0 Å². The molecule has 1 aromatic heterocycles. The highest BCUT2D eigenvalue weighted by Gasteiger charge is 2.15. The summed E-state index contributed by atoms with van der Waals surface area (Å²) in [5, 5.41) is 12.0. The van der Waals surface area contributed by atoms with E-state index in [-0.39, 0.29) is 17.3 Å². The number of rotatable bonds is 6. The second-order valence-electron chi connectivity index (χ2n) is 5.75. The molecule has 6 nitrogen and oxygen atoms in total. The Labute approximate surface area is 151 Å². The van der Waals surface area contributed by atoms with E-state index in [0.717, 1.165) is 6.54 Å². The van der Waals surface area contributed by atoms with Gasteiger partial charge in [-0.15, -0.1) is 0 Å². The summed E-state index contributed by atoms with van der Waals surface area (Å²) in [4.78, 5) is 29.7. The fourth-order valence-corrected chi connectivity index (χ4v) is 2.63. The lowest BCUT2D eigenvalue weighted by molar-refractivity contribution is 0.0696. The average molecular weight is 362 g/mol. The van der Waals surface area contributed by atoms with Gasteiger partial charge >= 0.3 is 5.97 Å². The van der Waals surface area contributed by atoms with Crippen LogP contribution in [0.5, 0.6) is 0 Å². The van der Waals surface area contributed by atoms with Gasteiger partial charge in [-0.25, -0.2) is 9.78 Å². The molecule has 1 amide bonds. The number of pyridine rings is 1. The monoisotopic (exact) mass is 361 g/mol. The first kappa shape index (κ1) is 18.7. The molecule has 1 heterocycles. The van der Waals surface area contributed by atoms with Crippen LogP contribution in [0.4, 0.5) is 11.5 Å². The van der Waals surface area contributed by atoms with Crippen LogP contribution in [0, 0.1) is 0 Å². The molecule has 0 radical (unpaired) electrons. The van der Waals surface area contributed by atoms with Crippen molar-refractivity contribution in [3.8, 4) is 0 Å². The SMILES string of the molecule is CCN(c1cc(Cl)cc(C(=O)Nc2ccc(C(=O)O)cc2)n1)C(C)C. The first-order chi connectivity index (χ1) is 11.8. The Morgan fingerprint density at radius 2 is 1.88 bits per heavy atom. The summed E-state index contributed by atoms with van der Waals surface area (Å²) in [6.45, 7) is 6.82. The molecule has 1 aromatic carbocycles. The van der Waals surface area contributed by atoms with Crippen molar-refractivity contribution < 1.29 is 14.7 Å². The summed E-state index contributed by atoms with van der Waals surface area (Å²) < 4.78 is 0. The van der Waals surface area contributed by atoms with Crippen LogP contribution in [-0.2, 0) is 0 Å². The third kappa shape index (κ3) is 4.70. The molecule has 0 bridgehead atoms. The molecule has 132 valence electrons. The number of hydrogen-bond acceptors (Lipinski definition) is 4. The van der Waals surface area contributed by atoms with Crippen LogP contribution in [0.15, 0.2) is 36.4 Å². The first-order valence-electron chi connectivity index (χ1n) is 7.90. The number of nitrogens with one attached hydrogen (secondary N) is 1. The minimum atomic E-state index is -1.02. The van der Waals surface area contributed by atoms with E-state index in [9.17, 15) is 9.59 Å². The van der Waals surface area contributed by atoms with Crippen molar-refractivity contribution >= 4 is 35.0 Å². The number of carbonyl (C=O) groups is 2. The molecule has 0 fully saturated rings. The van der Waals surface area contributed by atoms with Crippen LogP contribution in [0.25, 0.3) is 0 Å². The largest absolute Gasteiger partial charge is 0.478 e. The number of benzene rings is 1. The molecule has 0 aliphatic carbocycles. The lowest BCUT2D eigenvalue weighted by Gasteiger charge is -2.26. The normalized spacial score (nSPS) is 10.6. The molecule has 0 aliphatic heterocycles. The molecular formula is C18H20ClN3O3. The highest BCUT2D eigenvalue weighted by atomic mass is 35.5. The van der Waals surface area contributed by atoms with E-state index in [1.54, 1.807) is 6.07 Å². The minimum absolute atomic E-state index is 0.150. The quantitative estimate of drug-likeness (QED) is 0.814. The molecule has 0 saturated carbocycles. The van der Waals surface area contributed by atoms with Crippen LogP contribution in [0.2, 0.25) is 5.02 Å². The second kappa shape index (κ2) is 7.98. The summed E-state index contributed by atoms with van der Waals surface area (Å²) in [6.07, 6.45) is 0. The first-order valence-corrected chi connectivity index (χ1v) is 8.28. The van der Waals surface area contributed by atoms with Gasteiger partial charge in [0, 0.05) is 23.3 Å². The van der Waals surface area contributed by atoms with Gasteiger partial charge in [-0.1, -0.05) is 11.6 Å². The summed E-state index contributed by atoms with van der Waals surface area (Å²) in [5.41, 5.74) is 0.829. The van der Waals surface area contributed by atoms with Gasteiger partial charge in [0.25, 0.3) is 5.91 Å². The summed E-state index contributed by atoms with van der Waals surface area (Å²) >= 11 is 6.15. The number of anilines is 2. The van der Waals surface area contributed by atoms with Crippen LogP contribution in [0.1, 0.15) is 41.6 Å². The Hall–Kier alpha value is -2.60. The molecular weight excluding hydrogens is 342 g/mol. The van der Waals surface area contributed by atoms with Crippen LogP contribution >= 0.6 is 11.6 Å². The van der Waals surface area contributed by atoms with Gasteiger partial charge in [-0.3, -0.25) is 4.79 Å². The van der Waals surface area contributed by atoms with E-state index in [1.807, 2.05) is 25.7 Å². The summed E-state index contributed by atoms with van der Waals surface area (Å²) in [5.74, 6) is -0.796. The molecule has 0 atom stereocenters. The van der Waals surface area contributed by atoms with Gasteiger partial charge in [-0.05, 0) is 57.2 Å². The zero-order valence-corrected chi connectivity index (χ0v) is 15.0. The number of nitrogens with zero attached hydrogens (tertiary/aromatic N) is 2. The predicted molar refractivity (Wildman–Crippen MR) is 98.8 cm³/mol. The van der Waals surface area contributed by atoms with Gasteiger partial charge < -0.3 is 15.3 Å². The number of carbonyl (C=O) groups excluding carboxylic acids is 1.